The molecular formula is C26H24FN7O2. The molecule has 182 valence electrons. The van der Waals surface area contributed by atoms with Gasteiger partial charge < -0.3 is 20.9 Å². The molecule has 0 amide bonds. The monoisotopic (exact) mass is 485 g/mol. The van der Waals surface area contributed by atoms with Gasteiger partial charge in [-0.2, -0.15) is 5.10 Å². The van der Waals surface area contributed by atoms with Crippen LogP contribution in [0.2, 0.25) is 0 Å². The second-order valence-electron chi connectivity index (χ2n) is 8.12. The zero-order chi connectivity index (χ0) is 25.2. The van der Waals surface area contributed by atoms with E-state index in [1.165, 1.54) is 6.07 Å². The largest absolute Gasteiger partial charge is 0.497 e. The highest BCUT2D eigenvalue weighted by atomic mass is 19.1. The Bertz CT molecular complexity index is 1570. The van der Waals surface area contributed by atoms with Crippen molar-refractivity contribution in [2.75, 3.05) is 25.7 Å². The molecule has 0 bridgehead atoms. The van der Waals surface area contributed by atoms with Crippen LogP contribution >= 0.6 is 0 Å². The third-order valence-electron chi connectivity index (χ3n) is 5.90. The molecule has 0 atom stereocenters. The first-order chi connectivity index (χ1) is 17.5. The Morgan fingerprint density at radius 1 is 0.944 bits per heavy atom. The number of nitrogen functional groups attached to an aromatic ring is 2. The van der Waals surface area contributed by atoms with Crippen LogP contribution in [-0.2, 0) is 13.0 Å². The maximum atomic E-state index is 14.3. The van der Waals surface area contributed by atoms with Gasteiger partial charge in [-0.1, -0.05) is 24.3 Å². The first-order valence-electron chi connectivity index (χ1n) is 11.2. The maximum absolute atomic E-state index is 14.3. The van der Waals surface area contributed by atoms with Gasteiger partial charge >= 0.3 is 0 Å². The standard InChI is InChI=1S/C26H24FN7O2/c1-35-17-10-9-15(21(13-17)36-2)12-20-22(28)24(29)32-25(31-20)23-18-7-5-11-30-26(18)34(33-23)14-16-6-3-4-8-19(16)27/h3-11,13H,12,14,28H2,1-2H3,(H2,29,31,32). The van der Waals surface area contributed by atoms with E-state index in [1.54, 1.807) is 55.4 Å². The minimum atomic E-state index is -0.317. The summed E-state index contributed by atoms with van der Waals surface area (Å²) < 4.78 is 26.8. The smallest absolute Gasteiger partial charge is 0.183 e. The van der Waals surface area contributed by atoms with Gasteiger partial charge in [0.1, 0.15) is 23.0 Å². The Morgan fingerprint density at radius 3 is 2.56 bits per heavy atom. The zero-order valence-corrected chi connectivity index (χ0v) is 19.8. The van der Waals surface area contributed by atoms with Crippen molar-refractivity contribution in [2.24, 2.45) is 0 Å². The molecule has 0 fully saturated rings. The topological polar surface area (TPSA) is 127 Å². The lowest BCUT2D eigenvalue weighted by molar-refractivity contribution is 0.391. The van der Waals surface area contributed by atoms with Crippen LogP contribution in [0.5, 0.6) is 11.5 Å². The Labute approximate surface area is 206 Å². The van der Waals surface area contributed by atoms with Crippen LogP contribution in [0, 0.1) is 5.82 Å². The summed E-state index contributed by atoms with van der Waals surface area (Å²) in [5.41, 5.74) is 15.7. The fourth-order valence-electron chi connectivity index (χ4n) is 4.03. The second-order valence-corrected chi connectivity index (χ2v) is 8.12. The van der Waals surface area contributed by atoms with Gasteiger partial charge in [-0.3, -0.25) is 0 Å². The van der Waals surface area contributed by atoms with Gasteiger partial charge in [0.05, 0.1) is 37.5 Å². The minimum absolute atomic E-state index is 0.142. The number of pyridine rings is 1. The van der Waals surface area contributed by atoms with Crippen molar-refractivity contribution in [1.82, 2.24) is 24.7 Å². The number of methoxy groups -OCH3 is 2. The number of nitrogens with zero attached hydrogens (tertiary/aromatic N) is 5. The molecular weight excluding hydrogens is 461 g/mol. The lowest BCUT2D eigenvalue weighted by Gasteiger charge is -2.13. The molecule has 4 N–H and O–H groups in total. The van der Waals surface area contributed by atoms with Gasteiger partial charge in [0.25, 0.3) is 0 Å². The molecule has 3 heterocycles. The summed E-state index contributed by atoms with van der Waals surface area (Å²) in [4.78, 5) is 13.6. The lowest BCUT2D eigenvalue weighted by atomic mass is 10.1. The number of rotatable bonds is 7. The second kappa shape index (κ2) is 9.49. The van der Waals surface area contributed by atoms with E-state index in [4.69, 9.17) is 31.0 Å². The highest BCUT2D eigenvalue weighted by molar-refractivity contribution is 5.89. The molecule has 0 aliphatic heterocycles. The number of aromatic nitrogens is 5. The third-order valence-corrected chi connectivity index (χ3v) is 5.90. The number of fused-ring (bicyclic) bond motifs is 1. The van der Waals surface area contributed by atoms with E-state index in [-0.39, 0.29) is 23.9 Å². The summed E-state index contributed by atoms with van der Waals surface area (Å²) in [7, 11) is 3.18. The van der Waals surface area contributed by atoms with Crippen LogP contribution in [0.1, 0.15) is 16.8 Å². The van der Waals surface area contributed by atoms with Gasteiger partial charge in [0, 0.05) is 29.8 Å². The molecule has 3 aromatic heterocycles. The van der Waals surface area contributed by atoms with E-state index >= 15 is 0 Å². The third kappa shape index (κ3) is 4.24. The molecule has 5 rings (SSSR count). The fourth-order valence-corrected chi connectivity index (χ4v) is 4.03. The number of benzene rings is 2. The molecule has 0 saturated carbocycles. The van der Waals surface area contributed by atoms with Crippen LogP contribution < -0.4 is 20.9 Å². The summed E-state index contributed by atoms with van der Waals surface area (Å²) in [6.45, 7) is 0.195. The number of nitrogens with two attached hydrogens (primary N) is 2. The van der Waals surface area contributed by atoms with E-state index in [0.717, 1.165) is 5.56 Å². The predicted octanol–water partition coefficient (Wildman–Crippen LogP) is 3.85. The molecule has 36 heavy (non-hydrogen) atoms. The Morgan fingerprint density at radius 2 is 1.78 bits per heavy atom. The molecule has 9 nitrogen and oxygen atoms in total. The summed E-state index contributed by atoms with van der Waals surface area (Å²) in [6, 6.07) is 15.7. The summed E-state index contributed by atoms with van der Waals surface area (Å²) in [5, 5.41) is 5.41. The summed E-state index contributed by atoms with van der Waals surface area (Å²) in [5.74, 6) is 1.43. The molecule has 0 saturated heterocycles. The van der Waals surface area contributed by atoms with E-state index in [2.05, 4.69) is 9.97 Å². The fraction of sp³-hybridized carbons (Fsp3) is 0.154. The van der Waals surface area contributed by atoms with Crippen molar-refractivity contribution < 1.29 is 13.9 Å². The van der Waals surface area contributed by atoms with Crippen molar-refractivity contribution in [1.29, 1.82) is 0 Å². The first kappa shape index (κ1) is 23.0. The number of hydrogen-bond donors (Lipinski definition) is 2. The molecule has 10 heteroatoms. The SMILES string of the molecule is COc1ccc(Cc2nc(-c3nn(Cc4ccccc4F)c4ncccc34)nc(N)c2N)c(OC)c1. The van der Waals surface area contributed by atoms with E-state index in [9.17, 15) is 4.39 Å². The van der Waals surface area contributed by atoms with Crippen LogP contribution in [0.4, 0.5) is 15.9 Å². The Balaban J connectivity index is 1.59. The van der Waals surface area contributed by atoms with Gasteiger partial charge in [-0.25, -0.2) is 24.0 Å². The highest BCUT2D eigenvalue weighted by Gasteiger charge is 2.20. The van der Waals surface area contributed by atoms with E-state index in [1.807, 2.05) is 18.2 Å². The maximum Gasteiger partial charge on any atom is 0.183 e. The van der Waals surface area contributed by atoms with Crippen molar-refractivity contribution in [3.63, 3.8) is 0 Å². The number of halogens is 1. The summed E-state index contributed by atoms with van der Waals surface area (Å²) >= 11 is 0. The Hall–Kier alpha value is -4.73. The molecule has 2 aromatic carbocycles. The summed E-state index contributed by atoms with van der Waals surface area (Å²) in [6.07, 6.45) is 2.01. The van der Waals surface area contributed by atoms with Crippen LogP contribution in [0.25, 0.3) is 22.6 Å². The van der Waals surface area contributed by atoms with Crippen LogP contribution in [-0.4, -0.2) is 39.0 Å². The minimum Gasteiger partial charge on any atom is -0.497 e. The normalized spacial score (nSPS) is 11.1. The molecule has 0 aliphatic carbocycles. The number of ether oxygens (including phenoxy) is 2. The molecule has 0 unspecified atom stereocenters. The van der Waals surface area contributed by atoms with E-state index in [0.29, 0.717) is 51.7 Å². The van der Waals surface area contributed by atoms with Gasteiger partial charge in [-0.15, -0.1) is 0 Å². The Kier molecular flexibility index (Phi) is 6.07. The van der Waals surface area contributed by atoms with Crippen molar-refractivity contribution in [3.8, 4) is 23.0 Å². The highest BCUT2D eigenvalue weighted by Crippen LogP contribution is 2.31. The molecule has 5 aromatic rings. The quantitative estimate of drug-likeness (QED) is 0.356. The van der Waals surface area contributed by atoms with Crippen molar-refractivity contribution >= 4 is 22.5 Å². The number of anilines is 2. The van der Waals surface area contributed by atoms with Gasteiger partial charge in [0.2, 0.25) is 0 Å². The van der Waals surface area contributed by atoms with Gasteiger partial charge in [0.15, 0.2) is 17.3 Å². The average Bonchev–Trinajstić information content (AvgIpc) is 3.26. The zero-order valence-electron chi connectivity index (χ0n) is 19.8. The van der Waals surface area contributed by atoms with Crippen molar-refractivity contribution in [3.05, 3.63) is 83.4 Å². The van der Waals surface area contributed by atoms with Gasteiger partial charge in [-0.05, 0) is 24.3 Å². The van der Waals surface area contributed by atoms with Crippen LogP contribution in [0.15, 0.2) is 60.8 Å². The molecule has 0 radical (unpaired) electrons. The molecule has 0 aliphatic rings. The lowest BCUT2D eigenvalue weighted by Crippen LogP contribution is -2.09. The van der Waals surface area contributed by atoms with E-state index < -0.39 is 0 Å². The predicted molar refractivity (Wildman–Crippen MR) is 135 cm³/mol. The van der Waals surface area contributed by atoms with Crippen molar-refractivity contribution in [2.45, 2.75) is 13.0 Å². The molecule has 0 spiro atoms. The first-order valence-corrected chi connectivity index (χ1v) is 11.2. The number of hydrogen-bond acceptors (Lipinski definition) is 8. The van der Waals surface area contributed by atoms with Crippen LogP contribution in [0.3, 0.4) is 0 Å². The average molecular weight is 486 g/mol.